The molecule has 0 radical (unpaired) electrons. The molecule has 1 atom stereocenters. The number of amides is 1. The molecular weight excluding hydrogens is 190 g/mol. The van der Waals surface area contributed by atoms with E-state index in [9.17, 15) is 14.4 Å². The molecule has 0 bridgehead atoms. The molecule has 1 amide bonds. The van der Waals surface area contributed by atoms with Gasteiger partial charge in [-0.3, -0.25) is 9.59 Å². The Kier molecular flexibility index (Phi) is 3.06. The smallest absolute Gasteiger partial charge is 0.326 e. The van der Waals surface area contributed by atoms with E-state index in [-0.39, 0.29) is 0 Å². The Morgan fingerprint density at radius 2 is 1.93 bits per heavy atom. The number of carbonyl (C=O) groups is 3. The van der Waals surface area contributed by atoms with Crippen molar-refractivity contribution in [2.24, 2.45) is 0 Å². The van der Waals surface area contributed by atoms with E-state index in [1.165, 1.54) is 0 Å². The first kappa shape index (κ1) is 10.5. The third-order valence-corrected chi connectivity index (χ3v) is 2.16. The second-order valence-electron chi connectivity index (χ2n) is 3.15. The second-order valence-corrected chi connectivity index (χ2v) is 3.15. The Balaban J connectivity index is 2.62. The van der Waals surface area contributed by atoms with E-state index in [0.717, 1.165) is 4.90 Å². The Hall–Kier alpha value is -1.59. The first-order valence-corrected chi connectivity index (χ1v) is 4.26. The Morgan fingerprint density at radius 3 is 2.43 bits per heavy atom. The van der Waals surface area contributed by atoms with Gasteiger partial charge in [-0.2, -0.15) is 0 Å². The van der Waals surface area contributed by atoms with Crippen LogP contribution in [0.25, 0.3) is 0 Å². The minimum atomic E-state index is -1.23. The number of rotatable bonds is 3. The van der Waals surface area contributed by atoms with Crippen LogP contribution in [0.4, 0.5) is 0 Å². The van der Waals surface area contributed by atoms with Crippen molar-refractivity contribution in [3.63, 3.8) is 0 Å². The van der Waals surface area contributed by atoms with Crippen LogP contribution < -0.4 is 0 Å². The summed E-state index contributed by atoms with van der Waals surface area (Å²) in [5.74, 6) is -2.92. The zero-order valence-electron chi connectivity index (χ0n) is 7.47. The highest BCUT2D eigenvalue weighted by Gasteiger charge is 2.34. The van der Waals surface area contributed by atoms with Crippen molar-refractivity contribution in [1.82, 2.24) is 4.90 Å². The van der Waals surface area contributed by atoms with Crippen LogP contribution in [-0.4, -0.2) is 45.5 Å². The van der Waals surface area contributed by atoms with E-state index in [0.29, 0.717) is 19.4 Å². The Bertz CT molecular complexity index is 275. The molecule has 1 aliphatic rings. The summed E-state index contributed by atoms with van der Waals surface area (Å²) in [6.45, 7) is 0.336. The predicted octanol–water partition coefficient (Wildman–Crippen LogP) is -0.463. The number of nitrogens with zero attached hydrogens (tertiary/aromatic N) is 1. The molecule has 0 aromatic heterocycles. The molecule has 0 unspecified atom stereocenters. The lowest BCUT2D eigenvalue weighted by Crippen LogP contribution is -2.41. The molecule has 78 valence electrons. The number of aliphatic carboxylic acids is 2. The average molecular weight is 201 g/mol. The van der Waals surface area contributed by atoms with Crippen molar-refractivity contribution in [2.45, 2.75) is 25.3 Å². The quantitative estimate of drug-likeness (QED) is 0.602. The number of likely N-dealkylation sites (tertiary alicyclic amines) is 1. The van der Waals surface area contributed by atoms with Gasteiger partial charge >= 0.3 is 11.9 Å². The summed E-state index contributed by atoms with van der Waals surface area (Å²) in [4.78, 5) is 33.3. The van der Waals surface area contributed by atoms with Gasteiger partial charge in [-0.25, -0.2) is 4.79 Å². The van der Waals surface area contributed by atoms with Gasteiger partial charge in [0.15, 0.2) is 0 Å². The van der Waals surface area contributed by atoms with Gasteiger partial charge in [0, 0.05) is 6.54 Å². The van der Waals surface area contributed by atoms with E-state index < -0.39 is 30.3 Å². The van der Waals surface area contributed by atoms with Crippen LogP contribution in [0.5, 0.6) is 0 Å². The van der Waals surface area contributed by atoms with Crippen LogP contribution >= 0.6 is 0 Å². The summed E-state index contributed by atoms with van der Waals surface area (Å²) >= 11 is 0. The van der Waals surface area contributed by atoms with Gasteiger partial charge in [-0.05, 0) is 12.8 Å². The molecule has 0 spiro atoms. The van der Waals surface area contributed by atoms with Gasteiger partial charge < -0.3 is 15.1 Å². The van der Waals surface area contributed by atoms with Crippen molar-refractivity contribution >= 4 is 17.8 Å². The van der Waals surface area contributed by atoms with Gasteiger partial charge in [0.1, 0.15) is 12.5 Å². The fourth-order valence-electron chi connectivity index (χ4n) is 1.55. The van der Waals surface area contributed by atoms with E-state index in [2.05, 4.69) is 0 Å². The molecule has 2 N–H and O–H groups in total. The number of carboxylic acids is 2. The monoisotopic (exact) mass is 201 g/mol. The van der Waals surface area contributed by atoms with Crippen LogP contribution in [0.3, 0.4) is 0 Å². The lowest BCUT2D eigenvalue weighted by molar-refractivity contribution is -0.151. The van der Waals surface area contributed by atoms with Gasteiger partial charge in [-0.1, -0.05) is 0 Å². The molecule has 14 heavy (non-hydrogen) atoms. The van der Waals surface area contributed by atoms with E-state index in [1.54, 1.807) is 0 Å². The van der Waals surface area contributed by atoms with E-state index in [1.807, 2.05) is 0 Å². The highest BCUT2D eigenvalue weighted by molar-refractivity contribution is 5.95. The maximum Gasteiger partial charge on any atom is 0.326 e. The molecule has 0 saturated carbocycles. The van der Waals surface area contributed by atoms with Gasteiger partial charge in [0.25, 0.3) is 0 Å². The molecule has 0 aromatic rings. The number of hydrogen-bond acceptors (Lipinski definition) is 3. The predicted molar refractivity (Wildman–Crippen MR) is 44.6 cm³/mol. The topological polar surface area (TPSA) is 94.9 Å². The fraction of sp³-hybridized carbons (Fsp3) is 0.625. The number of hydrogen-bond donors (Lipinski definition) is 2. The van der Waals surface area contributed by atoms with Gasteiger partial charge in [0.05, 0.1) is 0 Å². The molecular formula is C8H11NO5. The molecule has 1 rings (SSSR count). The molecule has 1 heterocycles. The minimum Gasteiger partial charge on any atom is -0.481 e. The highest BCUT2D eigenvalue weighted by Crippen LogP contribution is 2.18. The lowest BCUT2D eigenvalue weighted by Gasteiger charge is -2.20. The van der Waals surface area contributed by atoms with Gasteiger partial charge in [-0.15, -0.1) is 0 Å². The molecule has 1 fully saturated rings. The molecule has 6 nitrogen and oxygen atoms in total. The average Bonchev–Trinajstić information content (AvgIpc) is 2.49. The summed E-state index contributed by atoms with van der Waals surface area (Å²) < 4.78 is 0. The summed E-state index contributed by atoms with van der Waals surface area (Å²) in [5, 5.41) is 17.1. The first-order valence-electron chi connectivity index (χ1n) is 4.26. The van der Waals surface area contributed by atoms with E-state index in [4.69, 9.17) is 10.2 Å². The van der Waals surface area contributed by atoms with Crippen LogP contribution in [-0.2, 0) is 14.4 Å². The number of carbonyl (C=O) groups excluding carboxylic acids is 1. The third kappa shape index (κ3) is 2.21. The molecule has 6 heteroatoms. The summed E-state index contributed by atoms with van der Waals surface area (Å²) in [6.07, 6.45) is 0.382. The first-order chi connectivity index (χ1) is 6.52. The zero-order valence-corrected chi connectivity index (χ0v) is 7.47. The third-order valence-electron chi connectivity index (χ3n) is 2.16. The molecule has 0 aliphatic carbocycles. The van der Waals surface area contributed by atoms with Crippen LogP contribution in [0, 0.1) is 0 Å². The minimum absolute atomic E-state index is 0.336. The molecule has 1 saturated heterocycles. The summed E-state index contributed by atoms with van der Waals surface area (Å²) in [7, 11) is 0. The zero-order chi connectivity index (χ0) is 10.7. The van der Waals surface area contributed by atoms with E-state index >= 15 is 0 Å². The summed E-state index contributed by atoms with van der Waals surface area (Å²) in [6, 6.07) is -0.846. The Morgan fingerprint density at radius 1 is 1.29 bits per heavy atom. The summed E-state index contributed by atoms with van der Waals surface area (Å²) in [5.41, 5.74) is 0. The SMILES string of the molecule is O=C(O)CC(=O)N1CCC[C@@H]1C(=O)O. The van der Waals surface area contributed by atoms with Crippen molar-refractivity contribution in [2.75, 3.05) is 6.54 Å². The maximum absolute atomic E-state index is 11.3. The second kappa shape index (κ2) is 4.08. The molecule has 1 aliphatic heterocycles. The lowest BCUT2D eigenvalue weighted by atomic mass is 10.2. The van der Waals surface area contributed by atoms with Gasteiger partial charge in [0.2, 0.25) is 5.91 Å². The fourth-order valence-corrected chi connectivity index (χ4v) is 1.55. The van der Waals surface area contributed by atoms with Crippen molar-refractivity contribution in [1.29, 1.82) is 0 Å². The Labute approximate surface area is 80.1 Å². The van der Waals surface area contributed by atoms with Crippen molar-refractivity contribution < 1.29 is 24.6 Å². The normalized spacial score (nSPS) is 20.9. The number of carboxylic acid groups (broad SMARTS) is 2. The molecule has 0 aromatic carbocycles. The highest BCUT2D eigenvalue weighted by atomic mass is 16.4. The van der Waals surface area contributed by atoms with Crippen LogP contribution in [0.15, 0.2) is 0 Å². The van der Waals surface area contributed by atoms with Crippen LogP contribution in [0.1, 0.15) is 19.3 Å². The van der Waals surface area contributed by atoms with Crippen LogP contribution in [0.2, 0.25) is 0 Å². The van der Waals surface area contributed by atoms with Crippen molar-refractivity contribution in [3.8, 4) is 0 Å². The maximum atomic E-state index is 11.3. The van der Waals surface area contributed by atoms with Crippen molar-refractivity contribution in [3.05, 3.63) is 0 Å². The largest absolute Gasteiger partial charge is 0.481 e. The standard InChI is InChI=1S/C8H11NO5/c10-6(4-7(11)12)9-3-1-2-5(9)8(13)14/h5H,1-4H2,(H,11,12)(H,13,14)/t5-/m1/s1.